The van der Waals surface area contributed by atoms with Crippen LogP contribution < -0.4 is 4.74 Å². The van der Waals surface area contributed by atoms with Crippen molar-refractivity contribution in [1.82, 2.24) is 24.8 Å². The largest absolute Gasteiger partial charge is 0.477 e. The van der Waals surface area contributed by atoms with Gasteiger partial charge in [0.25, 0.3) is 5.91 Å². The van der Waals surface area contributed by atoms with Crippen LogP contribution in [0.25, 0.3) is 0 Å². The lowest BCUT2D eigenvalue weighted by atomic mass is 10.2. The summed E-state index contributed by atoms with van der Waals surface area (Å²) in [4.78, 5) is 28.6. The summed E-state index contributed by atoms with van der Waals surface area (Å²) in [6, 6.07) is 3.49. The highest BCUT2D eigenvalue weighted by molar-refractivity contribution is 5.96. The van der Waals surface area contributed by atoms with Crippen molar-refractivity contribution in [2.24, 2.45) is 0 Å². The summed E-state index contributed by atoms with van der Waals surface area (Å²) in [5, 5.41) is 0. The molecule has 1 atom stereocenters. The quantitative estimate of drug-likeness (QED) is 0.841. The fourth-order valence-corrected chi connectivity index (χ4v) is 2.94. The number of H-pyrrole nitrogens is 1. The van der Waals surface area contributed by atoms with Gasteiger partial charge in [0.15, 0.2) is 0 Å². The van der Waals surface area contributed by atoms with Gasteiger partial charge in [0.2, 0.25) is 5.88 Å². The molecule has 3 heterocycles. The summed E-state index contributed by atoms with van der Waals surface area (Å²) < 4.78 is 11.3. The Morgan fingerprint density at radius 3 is 3.08 bits per heavy atom. The molecular formula is C18H25N5O3. The van der Waals surface area contributed by atoms with E-state index < -0.39 is 0 Å². The van der Waals surface area contributed by atoms with E-state index in [-0.39, 0.29) is 12.0 Å². The topological polar surface area (TPSA) is 83.6 Å². The zero-order valence-electron chi connectivity index (χ0n) is 15.4. The van der Waals surface area contributed by atoms with Gasteiger partial charge < -0.3 is 24.3 Å². The highest BCUT2D eigenvalue weighted by Gasteiger charge is 2.29. The van der Waals surface area contributed by atoms with Gasteiger partial charge in [-0.15, -0.1) is 0 Å². The molecule has 0 unspecified atom stereocenters. The number of morpholine rings is 1. The molecule has 1 fully saturated rings. The van der Waals surface area contributed by atoms with Crippen molar-refractivity contribution in [1.29, 1.82) is 0 Å². The molecule has 1 N–H and O–H groups in total. The third-order valence-corrected chi connectivity index (χ3v) is 4.08. The van der Waals surface area contributed by atoms with Crippen molar-refractivity contribution < 1.29 is 14.3 Å². The number of carbonyl (C=O) groups is 1. The van der Waals surface area contributed by atoms with E-state index >= 15 is 0 Å². The van der Waals surface area contributed by atoms with E-state index in [1.54, 1.807) is 23.2 Å². The van der Waals surface area contributed by atoms with Gasteiger partial charge in [-0.2, -0.15) is 0 Å². The van der Waals surface area contributed by atoms with Crippen molar-refractivity contribution in [2.45, 2.75) is 19.6 Å². The minimum absolute atomic E-state index is 0.102. The Bertz CT molecular complexity index is 746. The third kappa shape index (κ3) is 4.20. The van der Waals surface area contributed by atoms with E-state index in [1.807, 2.05) is 27.2 Å². The summed E-state index contributed by atoms with van der Waals surface area (Å²) in [7, 11) is 4.00. The van der Waals surface area contributed by atoms with Gasteiger partial charge in [-0.1, -0.05) is 0 Å². The Balaban J connectivity index is 1.72. The minimum Gasteiger partial charge on any atom is -0.477 e. The first-order valence-electron chi connectivity index (χ1n) is 8.75. The molecule has 8 heteroatoms. The zero-order chi connectivity index (χ0) is 18.5. The number of nitrogens with zero attached hydrogens (tertiary/aromatic N) is 4. The van der Waals surface area contributed by atoms with Gasteiger partial charge in [0.05, 0.1) is 19.8 Å². The van der Waals surface area contributed by atoms with Crippen molar-refractivity contribution in [3.63, 3.8) is 0 Å². The highest BCUT2D eigenvalue weighted by Crippen LogP contribution is 2.23. The summed E-state index contributed by atoms with van der Waals surface area (Å²) in [6.07, 6.45) is 3.17. The molecule has 1 saturated heterocycles. The number of amides is 1. The maximum atomic E-state index is 12.9. The number of hydrogen-bond donors (Lipinski definition) is 1. The van der Waals surface area contributed by atoms with Crippen LogP contribution in [0, 0.1) is 0 Å². The molecule has 1 aliphatic heterocycles. The number of nitrogens with one attached hydrogen (secondary N) is 1. The number of rotatable bonds is 6. The molecule has 2 aromatic rings. The van der Waals surface area contributed by atoms with Gasteiger partial charge >= 0.3 is 0 Å². The summed E-state index contributed by atoms with van der Waals surface area (Å²) in [5.74, 6) is 1.01. The summed E-state index contributed by atoms with van der Waals surface area (Å²) in [5.41, 5.74) is 1.49. The Kier molecular flexibility index (Phi) is 5.85. The van der Waals surface area contributed by atoms with E-state index in [0.29, 0.717) is 37.7 Å². The fourth-order valence-electron chi connectivity index (χ4n) is 2.94. The molecule has 3 rings (SSSR count). The van der Waals surface area contributed by atoms with Crippen LogP contribution in [-0.2, 0) is 11.3 Å². The summed E-state index contributed by atoms with van der Waals surface area (Å²) in [6.45, 7) is 4.54. The summed E-state index contributed by atoms with van der Waals surface area (Å²) >= 11 is 0. The molecule has 8 nitrogen and oxygen atoms in total. The van der Waals surface area contributed by atoms with Crippen LogP contribution in [0.3, 0.4) is 0 Å². The lowest BCUT2D eigenvalue weighted by Gasteiger charge is -2.32. The highest BCUT2D eigenvalue weighted by atomic mass is 16.5. The Labute approximate surface area is 153 Å². The second kappa shape index (κ2) is 8.29. The van der Waals surface area contributed by atoms with E-state index in [1.165, 1.54) is 0 Å². The van der Waals surface area contributed by atoms with Crippen LogP contribution in [0.4, 0.5) is 0 Å². The Morgan fingerprint density at radius 1 is 1.46 bits per heavy atom. The molecule has 0 radical (unpaired) electrons. The third-order valence-electron chi connectivity index (χ3n) is 4.08. The molecule has 140 valence electrons. The lowest BCUT2D eigenvalue weighted by molar-refractivity contribution is -0.0266. The van der Waals surface area contributed by atoms with Crippen molar-refractivity contribution in [3.8, 4) is 5.88 Å². The molecule has 0 aromatic carbocycles. The first-order valence-corrected chi connectivity index (χ1v) is 8.75. The molecule has 1 aliphatic rings. The predicted octanol–water partition coefficient (Wildman–Crippen LogP) is 1.48. The molecular weight excluding hydrogens is 334 g/mol. The van der Waals surface area contributed by atoms with Gasteiger partial charge in [-0.3, -0.25) is 4.79 Å². The van der Waals surface area contributed by atoms with Crippen LogP contribution in [0.1, 0.15) is 34.9 Å². The fraction of sp³-hybridized carbons (Fsp3) is 0.500. The van der Waals surface area contributed by atoms with Gasteiger partial charge in [-0.25, -0.2) is 9.97 Å². The van der Waals surface area contributed by atoms with Crippen LogP contribution in [-0.4, -0.2) is 71.1 Å². The average molecular weight is 359 g/mol. The maximum absolute atomic E-state index is 12.9. The predicted molar refractivity (Wildman–Crippen MR) is 96.0 cm³/mol. The van der Waals surface area contributed by atoms with Gasteiger partial charge in [0.1, 0.15) is 17.5 Å². The Morgan fingerprint density at radius 2 is 2.31 bits per heavy atom. The number of aromatic amines is 1. The van der Waals surface area contributed by atoms with Crippen molar-refractivity contribution in [3.05, 3.63) is 41.6 Å². The van der Waals surface area contributed by atoms with Crippen LogP contribution >= 0.6 is 0 Å². The maximum Gasteiger partial charge on any atom is 0.259 e. The molecule has 2 aromatic heterocycles. The number of hydrogen-bond acceptors (Lipinski definition) is 6. The number of ether oxygens (including phenoxy) is 2. The lowest BCUT2D eigenvalue weighted by Crippen LogP contribution is -2.42. The van der Waals surface area contributed by atoms with Crippen LogP contribution in [0.5, 0.6) is 5.88 Å². The van der Waals surface area contributed by atoms with Crippen LogP contribution in [0.15, 0.2) is 24.5 Å². The molecule has 1 amide bonds. The van der Waals surface area contributed by atoms with Crippen molar-refractivity contribution in [2.75, 3.05) is 40.4 Å². The van der Waals surface area contributed by atoms with E-state index in [4.69, 9.17) is 9.47 Å². The second-order valence-corrected chi connectivity index (χ2v) is 6.43. The van der Waals surface area contributed by atoms with E-state index in [0.717, 1.165) is 18.1 Å². The number of carbonyl (C=O) groups excluding carboxylic acids is 1. The van der Waals surface area contributed by atoms with Gasteiger partial charge in [0, 0.05) is 31.2 Å². The molecule has 0 aliphatic carbocycles. The van der Waals surface area contributed by atoms with E-state index in [9.17, 15) is 4.79 Å². The average Bonchev–Trinajstić information content (AvgIpc) is 3.10. The molecule has 26 heavy (non-hydrogen) atoms. The number of pyridine rings is 1. The molecule has 0 bridgehead atoms. The van der Waals surface area contributed by atoms with Crippen molar-refractivity contribution >= 4 is 5.91 Å². The van der Waals surface area contributed by atoms with Gasteiger partial charge in [-0.05, 0) is 33.2 Å². The SMILES string of the molecule is CCOc1ncccc1C(=O)N1CCO[C@@H](c2ncc(CN(C)C)[nH]2)C1. The monoisotopic (exact) mass is 359 g/mol. The number of imidazole rings is 1. The minimum atomic E-state index is -0.268. The van der Waals surface area contributed by atoms with E-state index in [2.05, 4.69) is 19.9 Å². The number of aromatic nitrogens is 3. The second-order valence-electron chi connectivity index (χ2n) is 6.43. The molecule has 0 spiro atoms. The Hall–Kier alpha value is -2.45. The first kappa shape index (κ1) is 18.3. The molecule has 0 saturated carbocycles. The standard InChI is InChI=1S/C18H25N5O3/c1-4-25-17-14(6-5-7-19-17)18(24)23-8-9-26-15(12-23)16-20-10-13(21-16)11-22(2)3/h5-7,10,15H,4,8-9,11-12H2,1-3H3,(H,20,21)/t15-/m1/s1. The normalized spacial score (nSPS) is 17.5. The first-order chi connectivity index (χ1) is 12.6. The zero-order valence-corrected chi connectivity index (χ0v) is 15.4. The smallest absolute Gasteiger partial charge is 0.259 e. The van der Waals surface area contributed by atoms with Crippen LogP contribution in [0.2, 0.25) is 0 Å².